The molecule has 1 aromatic rings. The number of carboxylic acids is 1. The first-order valence-corrected chi connectivity index (χ1v) is 7.65. The topological polar surface area (TPSA) is 66.4 Å². The number of nitrogens with one attached hydrogen (secondary N) is 1. The number of amides is 1. The van der Waals surface area contributed by atoms with Crippen molar-refractivity contribution >= 4 is 35.1 Å². The Hall–Kier alpha value is -1.26. The summed E-state index contributed by atoms with van der Waals surface area (Å²) in [4.78, 5) is 23.2. The van der Waals surface area contributed by atoms with E-state index in [-0.39, 0.29) is 24.3 Å². The van der Waals surface area contributed by atoms with Gasteiger partial charge in [-0.15, -0.1) is 0 Å². The Labute approximate surface area is 132 Å². The van der Waals surface area contributed by atoms with Crippen LogP contribution in [0.25, 0.3) is 0 Å². The summed E-state index contributed by atoms with van der Waals surface area (Å²) in [5.74, 6) is -0.919. The van der Waals surface area contributed by atoms with E-state index in [0.717, 1.165) is 12.0 Å². The fraction of sp³-hybridized carbons (Fsp3) is 0.467. The highest BCUT2D eigenvalue weighted by molar-refractivity contribution is 6.35. The number of halogens is 2. The van der Waals surface area contributed by atoms with Gasteiger partial charge in [0.15, 0.2) is 0 Å². The second-order valence-corrected chi connectivity index (χ2v) is 6.76. The van der Waals surface area contributed by atoms with Crippen LogP contribution < -0.4 is 5.32 Å². The first kappa shape index (κ1) is 14.7. The maximum absolute atomic E-state index is 12.1. The molecule has 2 unspecified atom stereocenters. The van der Waals surface area contributed by atoms with Gasteiger partial charge in [0.25, 0.3) is 0 Å². The lowest BCUT2D eigenvalue weighted by atomic mass is 10.1. The standard InChI is InChI=1S/C15H15Cl2NO3/c16-8-1-2-9(12(17)5-8)10-6-11(10)13(19)18-7-15(3-4-15)14(20)21/h1-2,5,10-11H,3-4,6-7H2,(H,18,19)(H,20,21). The Morgan fingerprint density at radius 1 is 1.33 bits per heavy atom. The van der Waals surface area contributed by atoms with Crippen molar-refractivity contribution in [2.45, 2.75) is 25.2 Å². The van der Waals surface area contributed by atoms with Crippen LogP contribution in [0.3, 0.4) is 0 Å². The molecule has 0 heterocycles. The summed E-state index contributed by atoms with van der Waals surface area (Å²) in [6, 6.07) is 5.29. The SMILES string of the molecule is O=C(NCC1(C(=O)O)CC1)C1CC1c1ccc(Cl)cc1Cl. The monoisotopic (exact) mass is 327 g/mol. The molecule has 0 radical (unpaired) electrons. The summed E-state index contributed by atoms with van der Waals surface area (Å²) < 4.78 is 0. The smallest absolute Gasteiger partial charge is 0.311 e. The Bertz CT molecular complexity index is 613. The van der Waals surface area contributed by atoms with Crippen LogP contribution in [0.15, 0.2) is 18.2 Å². The van der Waals surface area contributed by atoms with Crippen LogP contribution in [0, 0.1) is 11.3 Å². The Kier molecular flexibility index (Phi) is 3.62. The van der Waals surface area contributed by atoms with Crippen molar-refractivity contribution in [3.8, 4) is 0 Å². The molecule has 2 fully saturated rings. The second kappa shape index (κ2) is 5.18. The van der Waals surface area contributed by atoms with Crippen LogP contribution in [-0.4, -0.2) is 23.5 Å². The lowest BCUT2D eigenvalue weighted by molar-refractivity contribution is -0.143. The Morgan fingerprint density at radius 3 is 2.62 bits per heavy atom. The van der Waals surface area contributed by atoms with E-state index >= 15 is 0 Å². The number of rotatable bonds is 5. The molecule has 0 saturated heterocycles. The van der Waals surface area contributed by atoms with Gasteiger partial charge in [-0.1, -0.05) is 29.3 Å². The van der Waals surface area contributed by atoms with Crippen molar-refractivity contribution in [1.82, 2.24) is 5.32 Å². The van der Waals surface area contributed by atoms with Gasteiger partial charge in [-0.3, -0.25) is 9.59 Å². The minimum Gasteiger partial charge on any atom is -0.481 e. The van der Waals surface area contributed by atoms with Crippen molar-refractivity contribution in [3.05, 3.63) is 33.8 Å². The molecule has 6 heteroatoms. The summed E-state index contributed by atoms with van der Waals surface area (Å²) >= 11 is 12.0. The van der Waals surface area contributed by atoms with Gasteiger partial charge in [-0.05, 0) is 42.9 Å². The lowest BCUT2D eigenvalue weighted by Gasteiger charge is -2.11. The molecule has 0 aromatic heterocycles. The third-order valence-electron chi connectivity index (χ3n) is 4.40. The van der Waals surface area contributed by atoms with Gasteiger partial charge < -0.3 is 10.4 Å². The highest BCUT2D eigenvalue weighted by atomic mass is 35.5. The molecule has 2 saturated carbocycles. The van der Waals surface area contributed by atoms with Crippen LogP contribution in [-0.2, 0) is 9.59 Å². The Balaban J connectivity index is 1.57. The number of aliphatic carboxylic acids is 1. The molecule has 1 amide bonds. The Morgan fingerprint density at radius 2 is 2.05 bits per heavy atom. The van der Waals surface area contributed by atoms with E-state index in [2.05, 4.69) is 5.32 Å². The number of benzene rings is 1. The molecule has 0 bridgehead atoms. The number of carboxylic acid groups (broad SMARTS) is 1. The van der Waals surface area contributed by atoms with Crippen LogP contribution in [0.1, 0.15) is 30.7 Å². The lowest BCUT2D eigenvalue weighted by Crippen LogP contribution is -2.35. The molecule has 1 aromatic carbocycles. The zero-order chi connectivity index (χ0) is 15.2. The normalized spacial score (nSPS) is 25.2. The average molecular weight is 328 g/mol. The summed E-state index contributed by atoms with van der Waals surface area (Å²) in [7, 11) is 0. The molecule has 2 aliphatic carbocycles. The zero-order valence-corrected chi connectivity index (χ0v) is 12.7. The molecule has 2 N–H and O–H groups in total. The fourth-order valence-corrected chi connectivity index (χ4v) is 3.18. The average Bonchev–Trinajstić information content (AvgIpc) is 3.30. The third-order valence-corrected chi connectivity index (χ3v) is 4.96. The zero-order valence-electron chi connectivity index (χ0n) is 11.2. The van der Waals surface area contributed by atoms with Crippen LogP contribution >= 0.6 is 23.2 Å². The summed E-state index contributed by atoms with van der Waals surface area (Å²) in [6.45, 7) is 0.221. The minimum absolute atomic E-state index is 0.0847. The first-order valence-electron chi connectivity index (χ1n) is 6.89. The molecule has 0 spiro atoms. The molecule has 0 aliphatic heterocycles. The summed E-state index contributed by atoms with van der Waals surface area (Å²) in [5, 5.41) is 13.0. The molecule has 4 nitrogen and oxygen atoms in total. The quantitative estimate of drug-likeness (QED) is 0.873. The third kappa shape index (κ3) is 2.87. The highest BCUT2D eigenvalue weighted by Crippen LogP contribution is 2.50. The maximum Gasteiger partial charge on any atom is 0.311 e. The molecule has 3 rings (SSSR count). The van der Waals surface area contributed by atoms with E-state index < -0.39 is 11.4 Å². The van der Waals surface area contributed by atoms with E-state index in [0.29, 0.717) is 22.9 Å². The molecule has 112 valence electrons. The first-order chi connectivity index (χ1) is 9.93. The predicted molar refractivity (Wildman–Crippen MR) is 79.6 cm³/mol. The van der Waals surface area contributed by atoms with Crippen molar-refractivity contribution < 1.29 is 14.7 Å². The summed E-state index contributed by atoms with van der Waals surface area (Å²) in [5.41, 5.74) is 0.207. The van der Waals surface area contributed by atoms with Gasteiger partial charge in [0, 0.05) is 22.5 Å². The van der Waals surface area contributed by atoms with Crippen molar-refractivity contribution in [1.29, 1.82) is 0 Å². The largest absolute Gasteiger partial charge is 0.481 e. The van der Waals surface area contributed by atoms with Gasteiger partial charge in [0.05, 0.1) is 5.41 Å². The molecule has 2 atom stereocenters. The van der Waals surface area contributed by atoms with E-state index in [1.807, 2.05) is 6.07 Å². The predicted octanol–water partition coefficient (Wildman–Crippen LogP) is 3.08. The van der Waals surface area contributed by atoms with Crippen molar-refractivity contribution in [3.63, 3.8) is 0 Å². The van der Waals surface area contributed by atoms with Gasteiger partial charge in [-0.25, -0.2) is 0 Å². The van der Waals surface area contributed by atoms with Crippen molar-refractivity contribution in [2.75, 3.05) is 6.54 Å². The number of carbonyl (C=O) groups is 2. The molecule has 2 aliphatic rings. The number of hydrogen-bond acceptors (Lipinski definition) is 2. The maximum atomic E-state index is 12.1. The molecular weight excluding hydrogens is 313 g/mol. The van der Waals surface area contributed by atoms with E-state index in [9.17, 15) is 9.59 Å². The number of carbonyl (C=O) groups excluding carboxylic acids is 1. The van der Waals surface area contributed by atoms with Crippen molar-refractivity contribution in [2.24, 2.45) is 11.3 Å². The van der Waals surface area contributed by atoms with Gasteiger partial charge in [-0.2, -0.15) is 0 Å². The van der Waals surface area contributed by atoms with Gasteiger partial charge in [0.2, 0.25) is 5.91 Å². The molecule has 21 heavy (non-hydrogen) atoms. The van der Waals surface area contributed by atoms with E-state index in [1.54, 1.807) is 12.1 Å². The van der Waals surface area contributed by atoms with Crippen LogP contribution in [0.5, 0.6) is 0 Å². The van der Waals surface area contributed by atoms with Gasteiger partial charge in [0.1, 0.15) is 0 Å². The van der Waals surface area contributed by atoms with Gasteiger partial charge >= 0.3 is 5.97 Å². The van der Waals surface area contributed by atoms with Crippen LogP contribution in [0.4, 0.5) is 0 Å². The molecular formula is C15H15Cl2NO3. The van der Waals surface area contributed by atoms with E-state index in [1.165, 1.54) is 0 Å². The van der Waals surface area contributed by atoms with E-state index in [4.69, 9.17) is 28.3 Å². The summed E-state index contributed by atoms with van der Waals surface area (Å²) in [6.07, 6.45) is 2.02. The second-order valence-electron chi connectivity index (χ2n) is 5.92. The highest BCUT2D eigenvalue weighted by Gasteiger charge is 2.51. The van der Waals surface area contributed by atoms with Crippen LogP contribution in [0.2, 0.25) is 10.0 Å². The minimum atomic E-state index is -0.823. The number of hydrogen-bond donors (Lipinski definition) is 2. The fourth-order valence-electron chi connectivity index (χ4n) is 2.64.